The number of hydroxylamine groups is 1. The number of piperazine rings is 1. The van der Waals surface area contributed by atoms with E-state index in [1.165, 1.54) is 15.9 Å². The molecule has 1 aliphatic rings. The summed E-state index contributed by atoms with van der Waals surface area (Å²) in [5.41, 5.74) is 1.83. The van der Waals surface area contributed by atoms with Gasteiger partial charge in [-0.2, -0.15) is 17.5 Å². The van der Waals surface area contributed by atoms with E-state index >= 15 is 0 Å². The molecule has 2 aromatic rings. The van der Waals surface area contributed by atoms with Crippen LogP contribution >= 0.6 is 0 Å². The molecule has 1 saturated heterocycles. The molecular formula is C19H19F3N4O4S. The molecule has 3 rings (SSSR count). The average molecular weight is 456 g/mol. The van der Waals surface area contributed by atoms with Crippen molar-refractivity contribution in [1.29, 1.82) is 0 Å². The number of nitrogens with one attached hydrogen (secondary N) is 1. The highest BCUT2D eigenvalue weighted by atomic mass is 32.2. The van der Waals surface area contributed by atoms with Gasteiger partial charge in [-0.3, -0.25) is 15.0 Å². The molecule has 0 saturated carbocycles. The highest BCUT2D eigenvalue weighted by Gasteiger charge is 2.34. The highest BCUT2D eigenvalue weighted by molar-refractivity contribution is 7.89. The lowest BCUT2D eigenvalue weighted by molar-refractivity contribution is -0.141. The summed E-state index contributed by atoms with van der Waals surface area (Å²) in [6.45, 7) is 0.922. The van der Waals surface area contributed by atoms with E-state index in [0.29, 0.717) is 24.7 Å². The van der Waals surface area contributed by atoms with Crippen molar-refractivity contribution in [2.24, 2.45) is 0 Å². The summed E-state index contributed by atoms with van der Waals surface area (Å²) in [5.74, 6) is -0.684. The lowest BCUT2D eigenvalue weighted by atomic mass is 10.1. The number of anilines is 1. The number of carbonyl (C=O) groups is 1. The van der Waals surface area contributed by atoms with Gasteiger partial charge in [0.1, 0.15) is 10.6 Å². The number of sulfonamides is 1. The number of rotatable bonds is 5. The molecule has 1 amide bonds. The third kappa shape index (κ3) is 5.21. The van der Waals surface area contributed by atoms with Crippen LogP contribution in [0.2, 0.25) is 0 Å². The van der Waals surface area contributed by atoms with E-state index in [1.807, 2.05) is 11.0 Å². The maximum atomic E-state index is 12.8. The summed E-state index contributed by atoms with van der Waals surface area (Å²) in [7, 11) is -3.98. The number of hydrogen-bond donors (Lipinski definition) is 2. The minimum absolute atomic E-state index is 0.124. The Kier molecular flexibility index (Phi) is 6.62. The van der Waals surface area contributed by atoms with E-state index in [-0.39, 0.29) is 18.0 Å². The Morgan fingerprint density at radius 1 is 1.10 bits per heavy atom. The van der Waals surface area contributed by atoms with Crippen LogP contribution in [-0.2, 0) is 21.0 Å². The molecule has 2 N–H and O–H groups in total. The summed E-state index contributed by atoms with van der Waals surface area (Å²) in [6, 6.07) is 8.72. The van der Waals surface area contributed by atoms with Crippen LogP contribution in [0.5, 0.6) is 0 Å². The second-order valence-electron chi connectivity index (χ2n) is 6.64. The van der Waals surface area contributed by atoms with Gasteiger partial charge in [0.25, 0.3) is 5.91 Å². The molecule has 0 bridgehead atoms. The van der Waals surface area contributed by atoms with Crippen LogP contribution < -0.4 is 10.4 Å². The van der Waals surface area contributed by atoms with Gasteiger partial charge < -0.3 is 4.90 Å². The average Bonchev–Trinajstić information content (AvgIpc) is 2.77. The van der Waals surface area contributed by atoms with E-state index in [2.05, 4.69) is 4.98 Å². The van der Waals surface area contributed by atoms with Crippen LogP contribution in [0.25, 0.3) is 6.08 Å². The van der Waals surface area contributed by atoms with Crippen molar-refractivity contribution in [3.8, 4) is 0 Å². The Balaban J connectivity index is 1.72. The molecular weight excluding hydrogens is 437 g/mol. The molecule has 31 heavy (non-hydrogen) atoms. The van der Waals surface area contributed by atoms with Gasteiger partial charge in [0, 0.05) is 44.1 Å². The van der Waals surface area contributed by atoms with Gasteiger partial charge in [-0.25, -0.2) is 13.9 Å². The number of halogens is 3. The molecule has 0 radical (unpaired) electrons. The smallest absolute Gasteiger partial charge is 0.368 e. The Hall–Kier alpha value is -2.96. The van der Waals surface area contributed by atoms with Crippen molar-refractivity contribution < 1.29 is 31.6 Å². The topological polar surface area (TPSA) is 103 Å². The quantitative estimate of drug-likeness (QED) is 0.406. The van der Waals surface area contributed by atoms with Gasteiger partial charge in [-0.05, 0) is 29.8 Å². The number of carbonyl (C=O) groups excluding carboxylic acids is 1. The monoisotopic (exact) mass is 456 g/mol. The zero-order valence-corrected chi connectivity index (χ0v) is 16.9. The van der Waals surface area contributed by atoms with Crippen LogP contribution in [0, 0.1) is 0 Å². The largest absolute Gasteiger partial charge is 0.433 e. The van der Waals surface area contributed by atoms with E-state index in [0.717, 1.165) is 24.0 Å². The van der Waals surface area contributed by atoms with E-state index in [9.17, 15) is 26.4 Å². The lowest BCUT2D eigenvalue weighted by Crippen LogP contribution is -2.48. The third-order valence-electron chi connectivity index (χ3n) is 4.71. The van der Waals surface area contributed by atoms with E-state index in [1.54, 1.807) is 18.2 Å². The minimum Gasteiger partial charge on any atom is -0.368 e. The zero-order chi connectivity index (χ0) is 22.6. The Labute approximate surface area is 176 Å². The molecule has 1 fully saturated rings. The standard InChI is InChI=1S/C19H19F3N4O4S/c20-19(21,22)17-7-6-15(13-23-17)31(29,30)26-11-9-25(10-12-26)16-4-2-1-3-14(16)5-8-18(27)24-28/h1-8,13,28H,9-12H2,(H,24,27)/b8-5+. The Morgan fingerprint density at radius 3 is 2.35 bits per heavy atom. The van der Waals surface area contributed by atoms with Gasteiger partial charge in [0.2, 0.25) is 10.0 Å². The Bertz CT molecular complexity index is 1060. The summed E-state index contributed by atoms with van der Waals surface area (Å²) < 4.78 is 64.7. The van der Waals surface area contributed by atoms with Crippen molar-refractivity contribution in [1.82, 2.24) is 14.8 Å². The van der Waals surface area contributed by atoms with Gasteiger partial charge in [-0.15, -0.1) is 0 Å². The van der Waals surface area contributed by atoms with Crippen LogP contribution in [-0.4, -0.2) is 55.0 Å². The number of aromatic nitrogens is 1. The molecule has 1 aliphatic heterocycles. The Morgan fingerprint density at radius 2 is 1.77 bits per heavy atom. The summed E-state index contributed by atoms with van der Waals surface area (Å²) >= 11 is 0. The van der Waals surface area contributed by atoms with Crippen molar-refractivity contribution in [3.63, 3.8) is 0 Å². The molecule has 12 heteroatoms. The number of amides is 1. The lowest BCUT2D eigenvalue weighted by Gasteiger charge is -2.36. The van der Waals surface area contributed by atoms with Crippen LogP contribution in [0.3, 0.4) is 0 Å². The van der Waals surface area contributed by atoms with Crippen molar-refractivity contribution in [2.75, 3.05) is 31.1 Å². The molecule has 1 aromatic heterocycles. The van der Waals surface area contributed by atoms with Crippen molar-refractivity contribution in [2.45, 2.75) is 11.1 Å². The molecule has 0 atom stereocenters. The fraction of sp³-hybridized carbons (Fsp3) is 0.263. The third-order valence-corrected chi connectivity index (χ3v) is 6.59. The SMILES string of the molecule is O=C(/C=C/c1ccccc1N1CCN(S(=O)(=O)c2ccc(C(F)(F)F)nc2)CC1)NO. The fourth-order valence-corrected chi connectivity index (χ4v) is 4.51. The summed E-state index contributed by atoms with van der Waals surface area (Å²) in [4.78, 5) is 16.1. The predicted molar refractivity (Wildman–Crippen MR) is 106 cm³/mol. The number of para-hydroxylation sites is 1. The van der Waals surface area contributed by atoms with Crippen molar-refractivity contribution in [3.05, 3.63) is 59.9 Å². The first-order chi connectivity index (χ1) is 14.6. The van der Waals surface area contributed by atoms with Crippen molar-refractivity contribution >= 4 is 27.7 Å². The number of alkyl halides is 3. The molecule has 0 aliphatic carbocycles. The first-order valence-electron chi connectivity index (χ1n) is 9.12. The maximum Gasteiger partial charge on any atom is 0.433 e. The maximum absolute atomic E-state index is 12.8. The summed E-state index contributed by atoms with van der Waals surface area (Å²) in [6.07, 6.45) is -1.24. The molecule has 1 aromatic carbocycles. The van der Waals surface area contributed by atoms with Crippen LogP contribution in [0.1, 0.15) is 11.3 Å². The number of benzene rings is 1. The van der Waals surface area contributed by atoms with Gasteiger partial charge in [0.05, 0.1) is 0 Å². The van der Waals surface area contributed by atoms with E-state index in [4.69, 9.17) is 5.21 Å². The molecule has 8 nitrogen and oxygen atoms in total. The van der Waals surface area contributed by atoms with Crippen LogP contribution in [0.15, 0.2) is 53.6 Å². The second kappa shape index (κ2) is 9.04. The first-order valence-corrected chi connectivity index (χ1v) is 10.6. The van der Waals surface area contributed by atoms with Gasteiger partial charge >= 0.3 is 6.18 Å². The fourth-order valence-electron chi connectivity index (χ4n) is 3.14. The normalized spacial score (nSPS) is 15.9. The summed E-state index contributed by atoms with van der Waals surface area (Å²) in [5, 5.41) is 8.60. The molecule has 166 valence electrons. The van der Waals surface area contributed by atoms with Gasteiger partial charge in [0.15, 0.2) is 0 Å². The number of pyridine rings is 1. The second-order valence-corrected chi connectivity index (χ2v) is 8.57. The van der Waals surface area contributed by atoms with Crippen LogP contribution in [0.4, 0.5) is 18.9 Å². The predicted octanol–water partition coefficient (Wildman–Crippen LogP) is 2.13. The zero-order valence-electron chi connectivity index (χ0n) is 16.1. The molecule has 0 unspecified atom stereocenters. The molecule has 0 spiro atoms. The molecule has 2 heterocycles. The first kappa shape index (κ1) is 22.7. The number of nitrogens with zero attached hydrogens (tertiary/aromatic N) is 3. The highest BCUT2D eigenvalue weighted by Crippen LogP contribution is 2.29. The minimum atomic E-state index is -4.65. The van der Waals surface area contributed by atoms with Gasteiger partial charge in [-0.1, -0.05) is 18.2 Å². The van der Waals surface area contributed by atoms with E-state index < -0.39 is 27.8 Å². The number of hydrogen-bond acceptors (Lipinski definition) is 6.